The molecule has 0 atom stereocenters. The smallest absolute Gasteiger partial charge is 0.264 e. The van der Waals surface area contributed by atoms with Crippen LogP contribution in [0.2, 0.25) is 0 Å². The first-order chi connectivity index (χ1) is 10.6. The third kappa shape index (κ3) is 2.62. The summed E-state index contributed by atoms with van der Waals surface area (Å²) in [5, 5.41) is 0. The van der Waals surface area contributed by atoms with Crippen LogP contribution in [0.15, 0.2) is 53.4 Å². The highest BCUT2D eigenvalue weighted by molar-refractivity contribution is 7.92. The van der Waals surface area contributed by atoms with Gasteiger partial charge >= 0.3 is 0 Å². The zero-order valence-corrected chi connectivity index (χ0v) is 13.0. The summed E-state index contributed by atoms with van der Waals surface area (Å²) in [6, 6.07) is 13.6. The average molecular weight is 319 g/mol. The third-order valence-electron chi connectivity index (χ3n) is 3.41. The van der Waals surface area contributed by atoms with Crippen LogP contribution in [0.1, 0.15) is 6.92 Å². The van der Waals surface area contributed by atoms with Gasteiger partial charge in [0.1, 0.15) is 18.1 Å². The minimum absolute atomic E-state index is 0.243. The summed E-state index contributed by atoms with van der Waals surface area (Å²) in [6.45, 7) is 3.07. The quantitative estimate of drug-likeness (QED) is 0.869. The van der Waals surface area contributed by atoms with Crippen LogP contribution < -0.4 is 13.8 Å². The molecule has 2 aromatic rings. The van der Waals surface area contributed by atoms with Gasteiger partial charge in [0.05, 0.1) is 23.7 Å². The van der Waals surface area contributed by atoms with Gasteiger partial charge in [0.25, 0.3) is 10.0 Å². The van der Waals surface area contributed by atoms with Crippen molar-refractivity contribution in [3.05, 3.63) is 48.5 Å². The molecule has 1 aliphatic rings. The molecule has 0 N–H and O–H groups in total. The average Bonchev–Trinajstić information content (AvgIpc) is 2.55. The Bertz CT molecular complexity index is 756. The summed E-state index contributed by atoms with van der Waals surface area (Å²) in [6.07, 6.45) is 0. The topological polar surface area (TPSA) is 55.8 Å². The van der Waals surface area contributed by atoms with E-state index in [2.05, 4.69) is 0 Å². The Kier molecular flexibility index (Phi) is 3.94. The molecule has 1 aliphatic heterocycles. The van der Waals surface area contributed by atoms with Gasteiger partial charge in [0.2, 0.25) is 0 Å². The fourth-order valence-electron chi connectivity index (χ4n) is 2.40. The van der Waals surface area contributed by atoms with E-state index in [0.717, 1.165) is 0 Å². The minimum Gasteiger partial charge on any atom is -0.494 e. The van der Waals surface area contributed by atoms with E-state index in [0.29, 0.717) is 36.9 Å². The molecule has 22 heavy (non-hydrogen) atoms. The van der Waals surface area contributed by atoms with Crippen LogP contribution in [0.25, 0.3) is 0 Å². The zero-order valence-electron chi connectivity index (χ0n) is 12.2. The molecule has 6 heteroatoms. The number of rotatable bonds is 4. The minimum atomic E-state index is -3.61. The maximum Gasteiger partial charge on any atom is 0.264 e. The lowest BCUT2D eigenvalue weighted by atomic mass is 10.2. The molecule has 0 amide bonds. The lowest BCUT2D eigenvalue weighted by molar-refractivity contribution is 0.316. The van der Waals surface area contributed by atoms with Crippen LogP contribution in [-0.2, 0) is 10.0 Å². The van der Waals surface area contributed by atoms with Gasteiger partial charge < -0.3 is 9.47 Å². The highest BCUT2D eigenvalue weighted by atomic mass is 32.2. The predicted molar refractivity (Wildman–Crippen MR) is 84.1 cm³/mol. The van der Waals surface area contributed by atoms with Crippen LogP contribution in [0.5, 0.6) is 11.5 Å². The van der Waals surface area contributed by atoms with Crippen molar-refractivity contribution < 1.29 is 17.9 Å². The monoisotopic (exact) mass is 319 g/mol. The Balaban J connectivity index is 1.97. The molecule has 3 rings (SSSR count). The van der Waals surface area contributed by atoms with Crippen LogP contribution in [-0.4, -0.2) is 28.2 Å². The van der Waals surface area contributed by atoms with E-state index in [9.17, 15) is 8.42 Å². The fraction of sp³-hybridized carbons (Fsp3) is 0.250. The van der Waals surface area contributed by atoms with Crippen molar-refractivity contribution in [3.63, 3.8) is 0 Å². The van der Waals surface area contributed by atoms with E-state index >= 15 is 0 Å². The SMILES string of the molecule is CCOc1ccc(S(=O)(=O)N2CCOc3ccccc32)cc1. The van der Waals surface area contributed by atoms with Crippen molar-refractivity contribution >= 4 is 15.7 Å². The van der Waals surface area contributed by atoms with Crippen molar-refractivity contribution in [2.45, 2.75) is 11.8 Å². The van der Waals surface area contributed by atoms with Gasteiger partial charge in [-0.05, 0) is 43.3 Å². The maximum atomic E-state index is 12.8. The fourth-order valence-corrected chi connectivity index (χ4v) is 3.85. The number of ether oxygens (including phenoxy) is 2. The van der Waals surface area contributed by atoms with E-state index in [4.69, 9.17) is 9.47 Å². The molecule has 0 fully saturated rings. The first-order valence-electron chi connectivity index (χ1n) is 7.10. The third-order valence-corrected chi connectivity index (χ3v) is 5.24. The van der Waals surface area contributed by atoms with Crippen molar-refractivity contribution in [1.29, 1.82) is 0 Å². The van der Waals surface area contributed by atoms with Crippen LogP contribution >= 0.6 is 0 Å². The number of para-hydroxylation sites is 2. The highest BCUT2D eigenvalue weighted by Crippen LogP contribution is 2.35. The van der Waals surface area contributed by atoms with E-state index in [1.807, 2.05) is 13.0 Å². The second kappa shape index (κ2) is 5.88. The highest BCUT2D eigenvalue weighted by Gasteiger charge is 2.29. The number of anilines is 1. The van der Waals surface area contributed by atoms with Crippen molar-refractivity contribution in [3.8, 4) is 11.5 Å². The van der Waals surface area contributed by atoms with E-state index in [1.54, 1.807) is 42.5 Å². The second-order valence-corrected chi connectivity index (χ2v) is 6.66. The van der Waals surface area contributed by atoms with Gasteiger partial charge in [-0.1, -0.05) is 12.1 Å². The Labute approximate surface area is 130 Å². The van der Waals surface area contributed by atoms with Crippen molar-refractivity contribution in [1.82, 2.24) is 0 Å². The predicted octanol–water partition coefficient (Wildman–Crippen LogP) is 2.67. The molecule has 0 bridgehead atoms. The second-order valence-electron chi connectivity index (χ2n) is 4.80. The Morgan fingerprint density at radius 1 is 1.14 bits per heavy atom. The molecule has 2 aromatic carbocycles. The van der Waals surface area contributed by atoms with Crippen LogP contribution in [0, 0.1) is 0 Å². The molecule has 1 heterocycles. The van der Waals surface area contributed by atoms with Gasteiger partial charge in [0, 0.05) is 0 Å². The lowest BCUT2D eigenvalue weighted by Gasteiger charge is -2.30. The van der Waals surface area contributed by atoms with Gasteiger partial charge in [-0.2, -0.15) is 0 Å². The normalized spacial score (nSPS) is 14.1. The molecule has 116 valence electrons. The molecule has 0 spiro atoms. The molecule has 0 aromatic heterocycles. The Morgan fingerprint density at radius 2 is 1.86 bits per heavy atom. The Morgan fingerprint density at radius 3 is 2.59 bits per heavy atom. The first kappa shape index (κ1) is 14.7. The zero-order chi connectivity index (χ0) is 15.6. The summed E-state index contributed by atoms with van der Waals surface area (Å²) < 4.78 is 37.9. The number of nitrogens with zero attached hydrogens (tertiary/aromatic N) is 1. The van der Waals surface area contributed by atoms with Gasteiger partial charge in [-0.15, -0.1) is 0 Å². The largest absolute Gasteiger partial charge is 0.494 e. The molecular formula is C16H17NO4S. The number of sulfonamides is 1. The van der Waals surface area contributed by atoms with Crippen molar-refractivity contribution in [2.75, 3.05) is 24.1 Å². The van der Waals surface area contributed by atoms with E-state index in [1.165, 1.54) is 4.31 Å². The van der Waals surface area contributed by atoms with Crippen LogP contribution in [0.4, 0.5) is 5.69 Å². The van der Waals surface area contributed by atoms with Gasteiger partial charge in [-0.3, -0.25) is 4.31 Å². The van der Waals surface area contributed by atoms with E-state index in [-0.39, 0.29) is 4.90 Å². The lowest BCUT2D eigenvalue weighted by Crippen LogP contribution is -2.37. The molecule has 0 unspecified atom stereocenters. The molecule has 0 saturated carbocycles. The first-order valence-corrected chi connectivity index (χ1v) is 8.54. The summed E-state index contributed by atoms with van der Waals surface area (Å²) in [5.41, 5.74) is 0.572. The molecule has 0 saturated heterocycles. The molecular weight excluding hydrogens is 302 g/mol. The van der Waals surface area contributed by atoms with Crippen molar-refractivity contribution in [2.24, 2.45) is 0 Å². The number of hydrogen-bond acceptors (Lipinski definition) is 4. The van der Waals surface area contributed by atoms with E-state index < -0.39 is 10.0 Å². The number of hydrogen-bond donors (Lipinski definition) is 0. The molecule has 0 aliphatic carbocycles. The van der Waals surface area contributed by atoms with Gasteiger partial charge in [0.15, 0.2) is 0 Å². The van der Waals surface area contributed by atoms with Gasteiger partial charge in [-0.25, -0.2) is 8.42 Å². The standard InChI is InChI=1S/C16H17NO4S/c1-2-20-13-7-9-14(10-8-13)22(18,19)17-11-12-21-16-6-4-3-5-15(16)17/h3-10H,2,11-12H2,1H3. The number of fused-ring (bicyclic) bond motifs is 1. The molecule has 0 radical (unpaired) electrons. The summed E-state index contributed by atoms with van der Waals surface area (Å²) >= 11 is 0. The maximum absolute atomic E-state index is 12.8. The van der Waals surface area contributed by atoms with Crippen LogP contribution in [0.3, 0.4) is 0 Å². The summed E-state index contributed by atoms with van der Waals surface area (Å²) in [4.78, 5) is 0.243. The molecule has 5 nitrogen and oxygen atoms in total. The summed E-state index contributed by atoms with van der Waals surface area (Å²) in [7, 11) is -3.61. The summed E-state index contributed by atoms with van der Waals surface area (Å²) in [5.74, 6) is 1.24. The Hall–Kier alpha value is -2.21. The number of benzene rings is 2.